The van der Waals surface area contributed by atoms with Crippen LogP contribution in [0.2, 0.25) is 0 Å². The second kappa shape index (κ2) is 10.2. The monoisotopic (exact) mass is 565 g/mol. The van der Waals surface area contributed by atoms with Crippen LogP contribution in [0.1, 0.15) is 45.2 Å². The molecule has 0 spiro atoms. The molecule has 0 saturated heterocycles. The number of nitrogens with zero attached hydrogens (tertiary/aromatic N) is 4. The molecule has 4 aromatic rings. The molecule has 1 aliphatic rings. The van der Waals surface area contributed by atoms with Crippen LogP contribution in [-0.4, -0.2) is 33.9 Å². The second-order valence-electron chi connectivity index (χ2n) is 10.9. The molecule has 2 aromatic heterocycles. The molecule has 8 nitrogen and oxygen atoms in total. The molecular weight excluding hydrogens is 536 g/mol. The minimum Gasteiger partial charge on any atom is -0.472 e. The highest BCUT2D eigenvalue weighted by Crippen LogP contribution is 2.47. The largest absolute Gasteiger partial charge is 0.472 e. The summed E-state index contributed by atoms with van der Waals surface area (Å²) in [5.41, 5.74) is 1.94. The predicted molar refractivity (Wildman–Crippen MR) is 147 cm³/mol. The van der Waals surface area contributed by atoms with Crippen molar-refractivity contribution in [2.24, 2.45) is 5.92 Å². The molecule has 5 rings (SSSR count). The molecular formula is C29H29F2N5O3S. The number of rotatable bonds is 7. The average molecular weight is 566 g/mol. The number of pyridine rings is 1. The van der Waals surface area contributed by atoms with Crippen LogP contribution < -0.4 is 10.1 Å². The molecule has 0 amide bonds. The molecule has 1 aliphatic carbocycles. The molecule has 11 heteroatoms. The van der Waals surface area contributed by atoms with Crippen molar-refractivity contribution in [1.82, 2.24) is 14.8 Å². The summed E-state index contributed by atoms with van der Waals surface area (Å²) in [6, 6.07) is 18.6. The van der Waals surface area contributed by atoms with Gasteiger partial charge in [0.15, 0.2) is 15.7 Å². The van der Waals surface area contributed by atoms with Gasteiger partial charge in [-0.3, -0.25) is 4.68 Å². The first kappa shape index (κ1) is 27.5. The minimum absolute atomic E-state index is 0.180. The van der Waals surface area contributed by atoms with Crippen LogP contribution in [0.3, 0.4) is 0 Å². The Morgan fingerprint density at radius 3 is 2.45 bits per heavy atom. The number of aromatic nitrogens is 3. The summed E-state index contributed by atoms with van der Waals surface area (Å²) in [5, 5.41) is 17.9. The van der Waals surface area contributed by atoms with Crippen LogP contribution in [-0.2, 0) is 16.4 Å². The van der Waals surface area contributed by atoms with Crippen LogP contribution in [0, 0.1) is 17.2 Å². The van der Waals surface area contributed by atoms with E-state index in [-0.39, 0.29) is 17.4 Å². The fraction of sp³-hybridized carbons (Fsp3) is 0.345. The number of ether oxygens (including phenoxy) is 1. The maximum absolute atomic E-state index is 14.4. The van der Waals surface area contributed by atoms with Gasteiger partial charge >= 0.3 is 0 Å². The van der Waals surface area contributed by atoms with Gasteiger partial charge in [-0.25, -0.2) is 22.2 Å². The van der Waals surface area contributed by atoms with E-state index in [0.29, 0.717) is 22.4 Å². The lowest BCUT2D eigenvalue weighted by atomic mass is 10.1. The van der Waals surface area contributed by atoms with Crippen LogP contribution in [0.15, 0.2) is 71.8 Å². The van der Waals surface area contributed by atoms with Gasteiger partial charge in [-0.1, -0.05) is 30.3 Å². The Bertz CT molecular complexity index is 1680. The van der Waals surface area contributed by atoms with Crippen molar-refractivity contribution in [3.63, 3.8) is 0 Å². The van der Waals surface area contributed by atoms with E-state index in [1.165, 1.54) is 23.0 Å². The van der Waals surface area contributed by atoms with E-state index in [1.54, 1.807) is 39.0 Å². The van der Waals surface area contributed by atoms with Crippen LogP contribution in [0.5, 0.6) is 5.88 Å². The van der Waals surface area contributed by atoms with E-state index in [4.69, 9.17) is 4.74 Å². The van der Waals surface area contributed by atoms with Crippen LogP contribution >= 0.6 is 0 Å². The highest BCUT2D eigenvalue weighted by atomic mass is 32.2. The van der Waals surface area contributed by atoms with Crippen LogP contribution in [0.25, 0.3) is 10.9 Å². The standard InChI is InChI=1S/C29H29F2N5O3S/c1-28(2,3)40(37,38)22-11-9-21(10-12-22)34-26-25-23(36(35-26)24-16-29(30,31)15-20(24)17-32)13-14-33-27(25)39-18-19-7-5-4-6-8-19/h4-14,20,24H,15-16,18H2,1-3H3,(H,34,35)/t20-,24-/m0/s1. The van der Waals surface area contributed by atoms with Gasteiger partial charge < -0.3 is 10.1 Å². The van der Waals surface area contributed by atoms with Gasteiger partial charge in [0.1, 0.15) is 12.0 Å². The number of hydrogen-bond acceptors (Lipinski definition) is 7. The lowest BCUT2D eigenvalue weighted by Crippen LogP contribution is -2.27. The molecule has 2 atom stereocenters. The van der Waals surface area contributed by atoms with Crippen molar-refractivity contribution in [1.29, 1.82) is 5.26 Å². The first-order valence-electron chi connectivity index (χ1n) is 12.8. The molecule has 2 aromatic carbocycles. The number of fused-ring (bicyclic) bond motifs is 1. The zero-order valence-corrected chi connectivity index (χ0v) is 23.1. The van der Waals surface area contributed by atoms with E-state index >= 15 is 0 Å². The Morgan fingerprint density at radius 1 is 1.10 bits per heavy atom. The number of halogens is 2. The van der Waals surface area contributed by atoms with Gasteiger partial charge in [0.05, 0.1) is 33.2 Å². The summed E-state index contributed by atoms with van der Waals surface area (Å²) in [6.07, 6.45) is 0.471. The first-order valence-corrected chi connectivity index (χ1v) is 14.3. The fourth-order valence-corrected chi connectivity index (χ4v) is 6.02. The Morgan fingerprint density at radius 2 is 1.80 bits per heavy atom. The molecule has 208 valence electrons. The van der Waals surface area contributed by atoms with Gasteiger partial charge in [0.25, 0.3) is 5.92 Å². The summed E-state index contributed by atoms with van der Waals surface area (Å²) >= 11 is 0. The first-order chi connectivity index (χ1) is 18.9. The Hall–Kier alpha value is -4.04. The number of benzene rings is 2. The molecule has 1 N–H and O–H groups in total. The lowest BCUT2D eigenvalue weighted by Gasteiger charge is -2.19. The molecule has 0 unspecified atom stereocenters. The number of nitrogens with one attached hydrogen (secondary N) is 1. The van der Waals surface area contributed by atoms with E-state index in [1.807, 2.05) is 36.4 Å². The van der Waals surface area contributed by atoms with Gasteiger partial charge in [-0.2, -0.15) is 10.4 Å². The minimum atomic E-state index is -3.55. The highest BCUT2D eigenvalue weighted by Gasteiger charge is 2.48. The number of nitriles is 1. The number of sulfone groups is 1. The quantitative estimate of drug-likeness (QED) is 0.275. The van der Waals surface area contributed by atoms with Crippen molar-refractivity contribution in [3.05, 3.63) is 72.4 Å². The van der Waals surface area contributed by atoms with E-state index in [0.717, 1.165) is 5.56 Å². The summed E-state index contributed by atoms with van der Waals surface area (Å²) in [5.74, 6) is -3.36. The van der Waals surface area contributed by atoms with Gasteiger partial charge in [0, 0.05) is 24.7 Å². The van der Waals surface area contributed by atoms with E-state index in [9.17, 15) is 22.5 Å². The van der Waals surface area contributed by atoms with Crippen molar-refractivity contribution >= 4 is 32.2 Å². The maximum atomic E-state index is 14.4. The molecule has 2 heterocycles. The highest BCUT2D eigenvalue weighted by molar-refractivity contribution is 7.92. The van der Waals surface area contributed by atoms with Crippen LogP contribution in [0.4, 0.5) is 20.3 Å². The predicted octanol–water partition coefficient (Wildman–Crippen LogP) is 6.44. The third kappa shape index (κ3) is 5.23. The number of hydrogen-bond donors (Lipinski definition) is 1. The van der Waals surface area contributed by atoms with E-state index < -0.39 is 45.3 Å². The Kier molecular flexibility index (Phi) is 7.00. The van der Waals surface area contributed by atoms with Crippen molar-refractivity contribution in [2.45, 2.75) is 61.8 Å². The smallest absolute Gasteiger partial charge is 0.251 e. The number of alkyl halides is 2. The number of anilines is 2. The molecule has 0 radical (unpaired) electrons. The zero-order chi connectivity index (χ0) is 28.7. The van der Waals surface area contributed by atoms with Gasteiger partial charge in [-0.05, 0) is 56.7 Å². The topological polar surface area (TPSA) is 110 Å². The molecule has 40 heavy (non-hydrogen) atoms. The third-order valence-electron chi connectivity index (χ3n) is 7.01. The van der Waals surface area contributed by atoms with Crippen molar-refractivity contribution in [2.75, 3.05) is 5.32 Å². The fourth-order valence-electron chi connectivity index (χ4n) is 4.82. The molecule has 1 saturated carbocycles. The zero-order valence-electron chi connectivity index (χ0n) is 22.3. The third-order valence-corrected chi connectivity index (χ3v) is 9.51. The summed E-state index contributed by atoms with van der Waals surface area (Å²) in [7, 11) is -3.55. The van der Waals surface area contributed by atoms with Gasteiger partial charge in [-0.15, -0.1) is 0 Å². The molecule has 0 aliphatic heterocycles. The summed E-state index contributed by atoms with van der Waals surface area (Å²) in [4.78, 5) is 4.58. The Balaban J connectivity index is 1.56. The average Bonchev–Trinajstić information content (AvgIpc) is 3.44. The maximum Gasteiger partial charge on any atom is 0.251 e. The van der Waals surface area contributed by atoms with Gasteiger partial charge in [0.2, 0.25) is 5.88 Å². The Labute approximate surface area is 231 Å². The summed E-state index contributed by atoms with van der Waals surface area (Å²) < 4.78 is 61.0. The summed E-state index contributed by atoms with van der Waals surface area (Å²) in [6.45, 7) is 5.13. The molecule has 1 fully saturated rings. The normalized spacial score (nSPS) is 18.9. The van der Waals surface area contributed by atoms with Crippen molar-refractivity contribution < 1.29 is 21.9 Å². The second-order valence-corrected chi connectivity index (χ2v) is 13.6. The van der Waals surface area contributed by atoms with E-state index in [2.05, 4.69) is 15.4 Å². The lowest BCUT2D eigenvalue weighted by molar-refractivity contribution is 0.00392. The SMILES string of the molecule is CC(C)(C)S(=O)(=O)c1ccc(Nc2nn([C@H]3CC(F)(F)C[C@H]3C#N)c3ccnc(OCc4ccccc4)c23)cc1. The molecule has 0 bridgehead atoms. The van der Waals surface area contributed by atoms with Crippen molar-refractivity contribution in [3.8, 4) is 11.9 Å².